The molecule has 0 saturated carbocycles. The first-order valence-corrected chi connectivity index (χ1v) is 4.34. The molecule has 0 aromatic heterocycles. The van der Waals surface area contributed by atoms with E-state index in [-0.39, 0.29) is 5.50 Å². The first-order chi connectivity index (χ1) is 4.34. The van der Waals surface area contributed by atoms with Crippen LogP contribution in [-0.4, -0.2) is 17.8 Å². The van der Waals surface area contributed by atoms with Gasteiger partial charge in [-0.3, -0.25) is 0 Å². The molecule has 0 fully saturated rings. The fourth-order valence-corrected chi connectivity index (χ4v) is 1.98. The van der Waals surface area contributed by atoms with Crippen molar-refractivity contribution in [2.75, 3.05) is 7.05 Å². The van der Waals surface area contributed by atoms with Gasteiger partial charge in [-0.2, -0.15) is 0 Å². The summed E-state index contributed by atoms with van der Waals surface area (Å²) in [6.07, 6.45) is 3.25. The van der Waals surface area contributed by atoms with Crippen molar-refractivity contribution in [2.45, 2.75) is 17.2 Å². The van der Waals surface area contributed by atoms with E-state index in [9.17, 15) is 0 Å². The maximum Gasteiger partial charge on any atom is 0.0949 e. The highest BCUT2D eigenvalue weighted by atomic mass is 35.5. The Morgan fingerprint density at radius 3 is 3.11 bits per heavy atom. The molecular formula is C6H10ClNS. The summed E-state index contributed by atoms with van der Waals surface area (Å²) in [7, 11) is 1.89. The van der Waals surface area contributed by atoms with Crippen molar-refractivity contribution in [3.05, 3.63) is 11.5 Å². The van der Waals surface area contributed by atoms with E-state index in [1.165, 1.54) is 0 Å². The SMILES string of the molecule is CNC(Cl)C1CC=CS1. The molecule has 0 amide bonds. The van der Waals surface area contributed by atoms with Crippen LogP contribution in [0.5, 0.6) is 0 Å². The number of rotatable bonds is 2. The predicted octanol–water partition coefficient (Wildman–Crippen LogP) is 1.79. The average molecular weight is 164 g/mol. The quantitative estimate of drug-likeness (QED) is 0.492. The second kappa shape index (κ2) is 3.49. The molecule has 3 heteroatoms. The van der Waals surface area contributed by atoms with Crippen LogP contribution >= 0.6 is 23.4 Å². The zero-order valence-corrected chi connectivity index (χ0v) is 6.88. The van der Waals surface area contributed by atoms with E-state index in [4.69, 9.17) is 11.6 Å². The van der Waals surface area contributed by atoms with Gasteiger partial charge in [0.2, 0.25) is 0 Å². The molecule has 2 unspecified atom stereocenters. The van der Waals surface area contributed by atoms with Gasteiger partial charge in [-0.1, -0.05) is 6.08 Å². The van der Waals surface area contributed by atoms with Gasteiger partial charge in [0.25, 0.3) is 0 Å². The third kappa shape index (κ3) is 1.88. The van der Waals surface area contributed by atoms with E-state index < -0.39 is 0 Å². The summed E-state index contributed by atoms with van der Waals surface area (Å²) < 4.78 is 0. The molecule has 0 aromatic carbocycles. The van der Waals surface area contributed by atoms with Crippen molar-refractivity contribution in [3.63, 3.8) is 0 Å². The molecule has 0 aliphatic carbocycles. The fraction of sp³-hybridized carbons (Fsp3) is 0.667. The van der Waals surface area contributed by atoms with Crippen molar-refractivity contribution in [3.8, 4) is 0 Å². The van der Waals surface area contributed by atoms with Crippen LogP contribution in [0.15, 0.2) is 11.5 Å². The van der Waals surface area contributed by atoms with Crippen LogP contribution in [0.1, 0.15) is 6.42 Å². The summed E-state index contributed by atoms with van der Waals surface area (Å²) in [5.74, 6) is 0. The van der Waals surface area contributed by atoms with Gasteiger partial charge in [-0.05, 0) is 18.9 Å². The monoisotopic (exact) mass is 163 g/mol. The minimum atomic E-state index is 0.116. The maximum absolute atomic E-state index is 5.90. The lowest BCUT2D eigenvalue weighted by molar-refractivity contribution is 0.697. The van der Waals surface area contributed by atoms with Crippen LogP contribution in [0.4, 0.5) is 0 Å². The third-order valence-electron chi connectivity index (χ3n) is 1.32. The van der Waals surface area contributed by atoms with Crippen molar-refractivity contribution in [1.82, 2.24) is 5.32 Å². The van der Waals surface area contributed by atoms with Gasteiger partial charge < -0.3 is 5.32 Å². The Morgan fingerprint density at radius 2 is 2.67 bits per heavy atom. The molecule has 1 aliphatic heterocycles. The fourth-order valence-electron chi connectivity index (χ4n) is 0.776. The standard InChI is InChI=1S/C6H10ClNS/c1-8-6(7)5-3-2-4-9-5/h2,4-6,8H,3H2,1H3. The number of hydrogen-bond donors (Lipinski definition) is 1. The van der Waals surface area contributed by atoms with Crippen molar-refractivity contribution in [1.29, 1.82) is 0 Å². The third-order valence-corrected chi connectivity index (χ3v) is 3.16. The molecule has 1 rings (SSSR count). The number of nitrogens with one attached hydrogen (secondary N) is 1. The summed E-state index contributed by atoms with van der Waals surface area (Å²) in [4.78, 5) is 0. The number of allylic oxidation sites excluding steroid dienone is 1. The molecule has 0 spiro atoms. The van der Waals surface area contributed by atoms with Gasteiger partial charge in [0.15, 0.2) is 0 Å². The molecule has 2 atom stereocenters. The van der Waals surface area contributed by atoms with E-state index in [1.54, 1.807) is 11.8 Å². The van der Waals surface area contributed by atoms with Gasteiger partial charge in [0.1, 0.15) is 0 Å². The number of thioether (sulfide) groups is 1. The van der Waals surface area contributed by atoms with Gasteiger partial charge >= 0.3 is 0 Å². The molecule has 0 saturated heterocycles. The van der Waals surface area contributed by atoms with Gasteiger partial charge in [0, 0.05) is 5.25 Å². The Kier molecular flexibility index (Phi) is 2.89. The Morgan fingerprint density at radius 1 is 1.89 bits per heavy atom. The lowest BCUT2D eigenvalue weighted by Crippen LogP contribution is -2.28. The number of halogens is 1. The predicted molar refractivity (Wildman–Crippen MR) is 43.8 cm³/mol. The number of alkyl halides is 1. The highest BCUT2D eigenvalue weighted by Crippen LogP contribution is 2.27. The summed E-state index contributed by atoms with van der Waals surface area (Å²) >= 11 is 7.70. The second-order valence-electron chi connectivity index (χ2n) is 1.97. The highest BCUT2D eigenvalue weighted by Gasteiger charge is 2.18. The van der Waals surface area contributed by atoms with Crippen LogP contribution in [0.25, 0.3) is 0 Å². The largest absolute Gasteiger partial charge is 0.303 e. The lowest BCUT2D eigenvalue weighted by Gasteiger charge is -2.13. The van der Waals surface area contributed by atoms with E-state index in [0.717, 1.165) is 6.42 Å². The zero-order chi connectivity index (χ0) is 6.69. The lowest BCUT2D eigenvalue weighted by atomic mass is 10.3. The first kappa shape index (κ1) is 7.45. The Hall–Kier alpha value is 0.340. The smallest absolute Gasteiger partial charge is 0.0949 e. The normalized spacial score (nSPS) is 28.9. The molecule has 0 radical (unpaired) electrons. The van der Waals surface area contributed by atoms with Crippen molar-refractivity contribution >= 4 is 23.4 Å². The van der Waals surface area contributed by atoms with E-state index in [0.29, 0.717) is 5.25 Å². The Balaban J connectivity index is 2.27. The van der Waals surface area contributed by atoms with Crippen LogP contribution in [0, 0.1) is 0 Å². The summed E-state index contributed by atoms with van der Waals surface area (Å²) in [5, 5.41) is 5.66. The maximum atomic E-state index is 5.90. The van der Waals surface area contributed by atoms with E-state index in [1.807, 2.05) is 7.05 Å². The van der Waals surface area contributed by atoms with Crippen LogP contribution in [0.2, 0.25) is 0 Å². The topological polar surface area (TPSA) is 12.0 Å². The second-order valence-corrected chi connectivity index (χ2v) is 3.59. The minimum Gasteiger partial charge on any atom is -0.303 e. The molecule has 1 aliphatic rings. The molecule has 1 heterocycles. The van der Waals surface area contributed by atoms with E-state index in [2.05, 4.69) is 16.8 Å². The van der Waals surface area contributed by atoms with Gasteiger partial charge in [-0.15, -0.1) is 23.4 Å². The number of hydrogen-bond acceptors (Lipinski definition) is 2. The zero-order valence-electron chi connectivity index (χ0n) is 5.30. The van der Waals surface area contributed by atoms with Crippen LogP contribution in [-0.2, 0) is 0 Å². The summed E-state index contributed by atoms with van der Waals surface area (Å²) in [6, 6.07) is 0. The summed E-state index contributed by atoms with van der Waals surface area (Å²) in [6.45, 7) is 0. The first-order valence-electron chi connectivity index (χ1n) is 2.96. The Labute approximate surface area is 64.8 Å². The molecule has 52 valence electrons. The molecular weight excluding hydrogens is 154 g/mol. The average Bonchev–Trinajstić information content (AvgIpc) is 2.37. The van der Waals surface area contributed by atoms with Crippen LogP contribution < -0.4 is 5.32 Å². The molecule has 1 N–H and O–H groups in total. The highest BCUT2D eigenvalue weighted by molar-refractivity contribution is 8.03. The van der Waals surface area contributed by atoms with Crippen LogP contribution in [0.3, 0.4) is 0 Å². The van der Waals surface area contributed by atoms with E-state index >= 15 is 0 Å². The molecule has 9 heavy (non-hydrogen) atoms. The molecule has 0 bridgehead atoms. The van der Waals surface area contributed by atoms with Crippen molar-refractivity contribution < 1.29 is 0 Å². The van der Waals surface area contributed by atoms with Gasteiger partial charge in [0.05, 0.1) is 5.50 Å². The molecule has 0 aromatic rings. The van der Waals surface area contributed by atoms with Gasteiger partial charge in [-0.25, -0.2) is 0 Å². The Bertz CT molecular complexity index is 108. The molecule has 1 nitrogen and oxygen atoms in total. The summed E-state index contributed by atoms with van der Waals surface area (Å²) in [5.41, 5.74) is 0.116. The van der Waals surface area contributed by atoms with Crippen molar-refractivity contribution in [2.24, 2.45) is 0 Å². The minimum absolute atomic E-state index is 0.116.